The van der Waals surface area contributed by atoms with Gasteiger partial charge in [-0.25, -0.2) is 0 Å². The normalized spacial score (nSPS) is 10.3. The van der Waals surface area contributed by atoms with Crippen LogP contribution in [0, 0.1) is 5.92 Å². The van der Waals surface area contributed by atoms with Gasteiger partial charge in [-0.2, -0.15) is 0 Å². The first kappa shape index (κ1) is 19.6. The highest BCUT2D eigenvalue weighted by atomic mass is 32.1. The van der Waals surface area contributed by atoms with Crippen molar-refractivity contribution >= 4 is 34.8 Å². The standard InChI is InChI=1S/C20H23N3O2S/c1-14(2)11-18(24)23-20(26)22-17-10-6-9-16(12-17)19(25)21-13-15-7-4-3-5-8-15/h3-10,12,14H,11,13H2,1-2H3,(H,21,25)(H2,22,23,24,26). The van der Waals surface area contributed by atoms with E-state index in [0.717, 1.165) is 5.56 Å². The zero-order valence-electron chi connectivity index (χ0n) is 14.9. The van der Waals surface area contributed by atoms with Crippen LogP contribution in [0.2, 0.25) is 0 Å². The summed E-state index contributed by atoms with van der Waals surface area (Å²) < 4.78 is 0. The highest BCUT2D eigenvalue weighted by molar-refractivity contribution is 7.80. The molecule has 2 aromatic rings. The number of thiocarbonyl (C=S) groups is 1. The van der Waals surface area contributed by atoms with Gasteiger partial charge in [0, 0.05) is 24.2 Å². The molecule has 0 atom stereocenters. The van der Waals surface area contributed by atoms with Crippen molar-refractivity contribution in [1.82, 2.24) is 10.6 Å². The van der Waals surface area contributed by atoms with Crippen molar-refractivity contribution < 1.29 is 9.59 Å². The third kappa shape index (κ3) is 6.64. The Kier molecular flexibility index (Phi) is 7.29. The van der Waals surface area contributed by atoms with Crippen LogP contribution in [0.3, 0.4) is 0 Å². The molecule has 5 nitrogen and oxygen atoms in total. The summed E-state index contributed by atoms with van der Waals surface area (Å²) in [6.07, 6.45) is 0.406. The van der Waals surface area contributed by atoms with E-state index in [4.69, 9.17) is 12.2 Å². The number of hydrogen-bond acceptors (Lipinski definition) is 3. The molecule has 0 fully saturated rings. The minimum atomic E-state index is -0.174. The number of amides is 2. The molecule has 6 heteroatoms. The number of rotatable bonds is 6. The molecule has 0 aliphatic carbocycles. The Hall–Kier alpha value is -2.73. The van der Waals surface area contributed by atoms with Crippen LogP contribution in [0.5, 0.6) is 0 Å². The van der Waals surface area contributed by atoms with Gasteiger partial charge in [0.2, 0.25) is 5.91 Å². The number of carbonyl (C=O) groups excluding carboxylic acids is 2. The number of hydrogen-bond donors (Lipinski definition) is 3. The van der Waals surface area contributed by atoms with Crippen molar-refractivity contribution in [2.24, 2.45) is 5.92 Å². The van der Waals surface area contributed by atoms with E-state index in [9.17, 15) is 9.59 Å². The van der Waals surface area contributed by atoms with Gasteiger partial charge < -0.3 is 16.0 Å². The Labute approximate surface area is 159 Å². The summed E-state index contributed by atoms with van der Waals surface area (Å²) in [7, 11) is 0. The molecule has 2 rings (SSSR count). The molecule has 0 unspecified atom stereocenters. The van der Waals surface area contributed by atoms with Gasteiger partial charge in [-0.05, 0) is 41.9 Å². The van der Waals surface area contributed by atoms with Gasteiger partial charge in [-0.15, -0.1) is 0 Å². The average molecular weight is 369 g/mol. The third-order valence-electron chi connectivity index (χ3n) is 3.53. The van der Waals surface area contributed by atoms with Gasteiger partial charge in [0.25, 0.3) is 5.91 Å². The summed E-state index contributed by atoms with van der Waals surface area (Å²) in [4.78, 5) is 24.1. The highest BCUT2D eigenvalue weighted by Gasteiger charge is 2.09. The van der Waals surface area contributed by atoms with Crippen molar-refractivity contribution in [1.29, 1.82) is 0 Å². The quantitative estimate of drug-likeness (QED) is 0.682. The Morgan fingerprint density at radius 1 is 1.04 bits per heavy atom. The molecular weight excluding hydrogens is 346 g/mol. The molecule has 3 N–H and O–H groups in total. The van der Waals surface area contributed by atoms with E-state index in [1.165, 1.54) is 0 Å². The Balaban J connectivity index is 1.91. The topological polar surface area (TPSA) is 70.2 Å². The van der Waals surface area contributed by atoms with Gasteiger partial charge in [0.1, 0.15) is 0 Å². The van der Waals surface area contributed by atoms with E-state index in [-0.39, 0.29) is 22.8 Å². The molecule has 136 valence electrons. The molecule has 0 spiro atoms. The minimum absolute atomic E-state index is 0.130. The zero-order valence-corrected chi connectivity index (χ0v) is 15.7. The van der Waals surface area contributed by atoms with Crippen molar-refractivity contribution in [2.75, 3.05) is 5.32 Å². The van der Waals surface area contributed by atoms with E-state index >= 15 is 0 Å². The lowest BCUT2D eigenvalue weighted by Gasteiger charge is -2.12. The zero-order chi connectivity index (χ0) is 18.9. The fourth-order valence-electron chi connectivity index (χ4n) is 2.33. The van der Waals surface area contributed by atoms with Crippen LogP contribution in [0.4, 0.5) is 5.69 Å². The van der Waals surface area contributed by atoms with Crippen molar-refractivity contribution in [2.45, 2.75) is 26.8 Å². The van der Waals surface area contributed by atoms with E-state index < -0.39 is 0 Å². The molecule has 0 aliphatic heterocycles. The van der Waals surface area contributed by atoms with Crippen molar-refractivity contribution in [3.8, 4) is 0 Å². The van der Waals surface area contributed by atoms with Crippen LogP contribution >= 0.6 is 12.2 Å². The largest absolute Gasteiger partial charge is 0.348 e. The first-order valence-electron chi connectivity index (χ1n) is 8.47. The predicted molar refractivity (Wildman–Crippen MR) is 108 cm³/mol. The maximum absolute atomic E-state index is 12.3. The molecule has 0 radical (unpaired) electrons. The fourth-order valence-corrected chi connectivity index (χ4v) is 2.56. The molecular formula is C20H23N3O2S. The van der Waals surface area contributed by atoms with E-state index in [1.807, 2.05) is 44.2 Å². The van der Waals surface area contributed by atoms with Gasteiger partial charge in [0.15, 0.2) is 5.11 Å². The number of benzene rings is 2. The molecule has 0 aliphatic rings. The lowest BCUT2D eigenvalue weighted by atomic mass is 10.1. The van der Waals surface area contributed by atoms with E-state index in [0.29, 0.717) is 24.2 Å². The molecule has 0 saturated carbocycles. The molecule has 2 aromatic carbocycles. The summed E-state index contributed by atoms with van der Waals surface area (Å²) in [6.45, 7) is 4.39. The van der Waals surface area contributed by atoms with E-state index in [1.54, 1.807) is 24.3 Å². The molecule has 0 bridgehead atoms. The van der Waals surface area contributed by atoms with Gasteiger partial charge in [-0.1, -0.05) is 50.2 Å². The molecule has 0 heterocycles. The van der Waals surface area contributed by atoms with Crippen LogP contribution in [-0.4, -0.2) is 16.9 Å². The Morgan fingerprint density at radius 3 is 2.46 bits per heavy atom. The third-order valence-corrected chi connectivity index (χ3v) is 3.73. The van der Waals surface area contributed by atoms with Gasteiger partial charge in [0.05, 0.1) is 0 Å². The molecule has 0 aromatic heterocycles. The predicted octanol–water partition coefficient (Wildman–Crippen LogP) is 3.48. The van der Waals surface area contributed by atoms with Crippen LogP contribution < -0.4 is 16.0 Å². The van der Waals surface area contributed by atoms with Gasteiger partial charge >= 0.3 is 0 Å². The summed E-state index contributed by atoms with van der Waals surface area (Å²) in [5, 5.41) is 8.67. The minimum Gasteiger partial charge on any atom is -0.348 e. The smallest absolute Gasteiger partial charge is 0.251 e. The average Bonchev–Trinajstić information content (AvgIpc) is 2.59. The first-order valence-corrected chi connectivity index (χ1v) is 8.88. The first-order chi connectivity index (χ1) is 12.4. The maximum atomic E-state index is 12.3. The van der Waals surface area contributed by atoms with Crippen molar-refractivity contribution in [3.05, 3.63) is 65.7 Å². The van der Waals surface area contributed by atoms with Crippen LogP contribution in [0.15, 0.2) is 54.6 Å². The number of anilines is 1. The molecule has 0 saturated heterocycles. The number of nitrogens with one attached hydrogen (secondary N) is 3. The van der Waals surface area contributed by atoms with Crippen LogP contribution in [0.1, 0.15) is 36.2 Å². The second-order valence-corrected chi connectivity index (χ2v) is 6.76. The maximum Gasteiger partial charge on any atom is 0.251 e. The van der Waals surface area contributed by atoms with E-state index in [2.05, 4.69) is 16.0 Å². The SMILES string of the molecule is CC(C)CC(=O)NC(=S)Nc1cccc(C(=O)NCc2ccccc2)c1. The summed E-state index contributed by atoms with van der Waals surface area (Å²) in [5.41, 5.74) is 2.19. The van der Waals surface area contributed by atoms with Crippen LogP contribution in [-0.2, 0) is 11.3 Å². The summed E-state index contributed by atoms with van der Waals surface area (Å²) >= 11 is 5.15. The van der Waals surface area contributed by atoms with Crippen LogP contribution in [0.25, 0.3) is 0 Å². The number of carbonyl (C=O) groups is 2. The second kappa shape index (κ2) is 9.68. The molecule has 2 amide bonds. The summed E-state index contributed by atoms with van der Waals surface area (Å²) in [6, 6.07) is 16.7. The monoisotopic (exact) mass is 369 g/mol. The van der Waals surface area contributed by atoms with Gasteiger partial charge in [-0.3, -0.25) is 9.59 Å². The Morgan fingerprint density at radius 2 is 1.77 bits per heavy atom. The molecule has 26 heavy (non-hydrogen) atoms. The highest BCUT2D eigenvalue weighted by Crippen LogP contribution is 2.11. The fraction of sp³-hybridized carbons (Fsp3) is 0.250. The second-order valence-electron chi connectivity index (χ2n) is 6.35. The summed E-state index contributed by atoms with van der Waals surface area (Å²) in [5.74, 6) is -0.0454. The lowest BCUT2D eigenvalue weighted by molar-refractivity contribution is -0.120. The lowest BCUT2D eigenvalue weighted by Crippen LogP contribution is -2.34. The van der Waals surface area contributed by atoms with Crippen molar-refractivity contribution in [3.63, 3.8) is 0 Å². The Bertz CT molecular complexity index is 776.